The molecule has 13 heavy (non-hydrogen) atoms. The Hall–Kier alpha value is -1.50. The van der Waals surface area contributed by atoms with Crippen LogP contribution in [0.25, 0.3) is 12.7 Å². The lowest BCUT2D eigenvalue weighted by atomic mass is 10.1. The summed E-state index contributed by atoms with van der Waals surface area (Å²) in [5.74, 6) is 0.308. The second kappa shape index (κ2) is 5.20. The first kappa shape index (κ1) is 11.5. The van der Waals surface area contributed by atoms with Crippen molar-refractivity contribution in [1.29, 1.82) is 0 Å². The molecule has 0 saturated carbocycles. The van der Waals surface area contributed by atoms with Crippen molar-refractivity contribution in [3.05, 3.63) is 41.3 Å². The Morgan fingerprint density at radius 2 is 1.85 bits per heavy atom. The van der Waals surface area contributed by atoms with Gasteiger partial charge < -0.3 is 5.11 Å². The van der Waals surface area contributed by atoms with E-state index >= 15 is 0 Å². The summed E-state index contributed by atoms with van der Waals surface area (Å²) in [6, 6.07) is 3.44. The highest BCUT2D eigenvalue weighted by molar-refractivity contribution is 5.35. The van der Waals surface area contributed by atoms with E-state index in [4.69, 9.17) is 0 Å². The van der Waals surface area contributed by atoms with Crippen molar-refractivity contribution in [2.75, 3.05) is 0 Å². The molecule has 0 heterocycles. The van der Waals surface area contributed by atoms with Crippen LogP contribution in [0.5, 0.6) is 5.75 Å². The summed E-state index contributed by atoms with van der Waals surface area (Å²) in [6.07, 6.45) is 1.94. The monoisotopic (exact) mass is 176 g/mol. The maximum absolute atomic E-state index is 9.20. The Balaban J connectivity index is 0.000000671. The lowest BCUT2D eigenvalue weighted by Gasteiger charge is -1.96. The van der Waals surface area contributed by atoms with Gasteiger partial charge in [-0.1, -0.05) is 12.7 Å². The highest BCUT2D eigenvalue weighted by Crippen LogP contribution is 2.02. The van der Waals surface area contributed by atoms with E-state index in [0.29, 0.717) is 5.75 Å². The first-order valence-electron chi connectivity index (χ1n) is 4.10. The fraction of sp³-hybridized carbons (Fsp3) is 0.167. The molecule has 70 valence electrons. The fourth-order valence-corrected chi connectivity index (χ4v) is 1.08. The largest absolute Gasteiger partial charge is 0.508 e. The van der Waals surface area contributed by atoms with Crippen LogP contribution in [0.2, 0.25) is 0 Å². The highest BCUT2D eigenvalue weighted by Gasteiger charge is 1.91. The van der Waals surface area contributed by atoms with Gasteiger partial charge >= 0.3 is 0 Å². The summed E-state index contributed by atoms with van der Waals surface area (Å²) in [5, 5.41) is 11.2. The van der Waals surface area contributed by atoms with Crippen LogP contribution in [-0.4, -0.2) is 5.11 Å². The summed E-state index contributed by atoms with van der Waals surface area (Å²) in [5.41, 5.74) is 1.03. The molecular weight excluding hydrogens is 160 g/mol. The van der Waals surface area contributed by atoms with Gasteiger partial charge in [0.05, 0.1) is 0 Å². The van der Waals surface area contributed by atoms with E-state index in [1.54, 1.807) is 12.1 Å². The lowest BCUT2D eigenvalue weighted by Crippen LogP contribution is -2.24. The van der Waals surface area contributed by atoms with E-state index in [2.05, 4.69) is 19.7 Å². The summed E-state index contributed by atoms with van der Waals surface area (Å²) in [7, 11) is 0. The number of aryl methyl sites for hydroxylation is 1. The summed E-state index contributed by atoms with van der Waals surface area (Å²) in [6.45, 7) is 13.8. The Morgan fingerprint density at radius 1 is 1.31 bits per heavy atom. The van der Waals surface area contributed by atoms with Gasteiger partial charge in [-0.2, -0.15) is 0 Å². The van der Waals surface area contributed by atoms with Crippen LogP contribution in [0, 0.1) is 6.92 Å². The predicted molar refractivity (Wildman–Crippen MR) is 59.0 cm³/mol. The Kier molecular flexibility index (Phi) is 4.60. The molecule has 0 atom stereocenters. The second-order valence-electron chi connectivity index (χ2n) is 2.62. The molecule has 0 aliphatic rings. The van der Waals surface area contributed by atoms with E-state index in [9.17, 15) is 5.11 Å². The molecule has 0 spiro atoms. The molecule has 0 aliphatic carbocycles. The van der Waals surface area contributed by atoms with E-state index in [1.807, 2.05) is 19.9 Å². The van der Waals surface area contributed by atoms with Gasteiger partial charge in [-0.15, -0.1) is 13.2 Å². The van der Waals surface area contributed by atoms with Crippen molar-refractivity contribution < 1.29 is 5.11 Å². The van der Waals surface area contributed by atoms with Crippen LogP contribution in [0.3, 0.4) is 0 Å². The molecule has 0 aromatic heterocycles. The van der Waals surface area contributed by atoms with E-state index < -0.39 is 0 Å². The van der Waals surface area contributed by atoms with Gasteiger partial charge in [-0.3, -0.25) is 0 Å². The Labute approximate surface area is 79.4 Å². The van der Waals surface area contributed by atoms with E-state index in [-0.39, 0.29) is 0 Å². The Bertz CT molecular complexity index is 377. The van der Waals surface area contributed by atoms with Crippen molar-refractivity contribution >= 4 is 12.7 Å². The van der Waals surface area contributed by atoms with Gasteiger partial charge in [-0.05, 0) is 42.0 Å². The molecule has 0 aliphatic heterocycles. The minimum Gasteiger partial charge on any atom is -0.508 e. The third-order valence-corrected chi connectivity index (χ3v) is 1.80. The lowest BCUT2D eigenvalue weighted by molar-refractivity contribution is 0.474. The first-order valence-corrected chi connectivity index (χ1v) is 4.10. The zero-order valence-electron chi connectivity index (χ0n) is 8.30. The standard InChI is InChI=1S/C10H12O.C2H4/c1-4-9-6-10(11)5-7(2)8(9)3;1-2/h4-6,11H,3H2,1-2H3;1-2H2/b9-4-;. The van der Waals surface area contributed by atoms with Crippen LogP contribution in [0.4, 0.5) is 0 Å². The maximum Gasteiger partial charge on any atom is 0.116 e. The smallest absolute Gasteiger partial charge is 0.116 e. The van der Waals surface area contributed by atoms with Crippen molar-refractivity contribution in [3.8, 4) is 5.75 Å². The van der Waals surface area contributed by atoms with Crippen LogP contribution >= 0.6 is 0 Å². The molecule has 0 amide bonds. The maximum atomic E-state index is 9.20. The highest BCUT2D eigenvalue weighted by atomic mass is 16.3. The quantitative estimate of drug-likeness (QED) is 0.597. The van der Waals surface area contributed by atoms with Crippen LogP contribution < -0.4 is 10.4 Å². The molecular formula is C12H16O. The first-order chi connectivity index (χ1) is 6.15. The van der Waals surface area contributed by atoms with Gasteiger partial charge in [0, 0.05) is 0 Å². The van der Waals surface area contributed by atoms with Crippen molar-refractivity contribution in [1.82, 2.24) is 0 Å². The minimum atomic E-state index is 0.308. The zero-order chi connectivity index (χ0) is 10.4. The van der Waals surface area contributed by atoms with Crippen molar-refractivity contribution in [2.45, 2.75) is 13.8 Å². The zero-order valence-corrected chi connectivity index (χ0v) is 8.30. The molecule has 1 heteroatoms. The number of benzene rings is 1. The summed E-state index contributed by atoms with van der Waals surface area (Å²) < 4.78 is 0. The topological polar surface area (TPSA) is 20.2 Å². The van der Waals surface area contributed by atoms with Gasteiger partial charge in [0.1, 0.15) is 5.75 Å². The van der Waals surface area contributed by atoms with Crippen molar-refractivity contribution in [2.24, 2.45) is 0 Å². The molecule has 1 rings (SSSR count). The molecule has 0 unspecified atom stereocenters. The molecule has 0 fully saturated rings. The second-order valence-corrected chi connectivity index (χ2v) is 2.62. The van der Waals surface area contributed by atoms with Crippen LogP contribution in [0.15, 0.2) is 25.3 Å². The van der Waals surface area contributed by atoms with Gasteiger partial charge in [-0.25, -0.2) is 0 Å². The van der Waals surface area contributed by atoms with E-state index in [0.717, 1.165) is 16.0 Å². The number of phenols is 1. The fourth-order valence-electron chi connectivity index (χ4n) is 1.08. The van der Waals surface area contributed by atoms with Gasteiger partial charge in [0.2, 0.25) is 0 Å². The average Bonchev–Trinajstić information content (AvgIpc) is 2.14. The molecule has 1 nitrogen and oxygen atoms in total. The summed E-state index contributed by atoms with van der Waals surface area (Å²) in [4.78, 5) is 0. The number of aromatic hydroxyl groups is 1. The molecule has 0 radical (unpaired) electrons. The van der Waals surface area contributed by atoms with Crippen LogP contribution in [-0.2, 0) is 0 Å². The Morgan fingerprint density at radius 3 is 2.31 bits per heavy atom. The SMILES string of the molecule is C=C.C=c1c(C)cc(O)c/c1=C/C. The third-order valence-electron chi connectivity index (χ3n) is 1.80. The average molecular weight is 176 g/mol. The molecule has 1 aromatic rings. The molecule has 0 saturated heterocycles. The number of hydrogen-bond donors (Lipinski definition) is 1. The third kappa shape index (κ3) is 2.79. The molecule has 1 N–H and O–H groups in total. The van der Waals surface area contributed by atoms with Crippen molar-refractivity contribution in [3.63, 3.8) is 0 Å². The molecule has 0 bridgehead atoms. The summed E-state index contributed by atoms with van der Waals surface area (Å²) >= 11 is 0. The van der Waals surface area contributed by atoms with Crippen LogP contribution in [0.1, 0.15) is 12.5 Å². The molecule has 1 aromatic carbocycles. The van der Waals surface area contributed by atoms with Gasteiger partial charge in [0.25, 0.3) is 0 Å². The number of hydrogen-bond acceptors (Lipinski definition) is 1. The minimum absolute atomic E-state index is 0.308. The van der Waals surface area contributed by atoms with Gasteiger partial charge in [0.15, 0.2) is 0 Å². The number of phenolic OH excluding ortho intramolecular Hbond substituents is 1. The van der Waals surface area contributed by atoms with E-state index in [1.165, 1.54) is 0 Å². The number of rotatable bonds is 0. The normalized spacial score (nSPS) is 10.5. The predicted octanol–water partition coefficient (Wildman–Crippen LogP) is 1.71.